The van der Waals surface area contributed by atoms with Gasteiger partial charge in [0.15, 0.2) is 0 Å². The maximum Gasteiger partial charge on any atom is 0.409 e. The van der Waals surface area contributed by atoms with Crippen LogP contribution in [0.5, 0.6) is 0 Å². The van der Waals surface area contributed by atoms with Gasteiger partial charge in [0.25, 0.3) is 0 Å². The summed E-state index contributed by atoms with van der Waals surface area (Å²) in [6.07, 6.45) is 7.14. The van der Waals surface area contributed by atoms with Gasteiger partial charge in [-0.05, 0) is 31.6 Å². The van der Waals surface area contributed by atoms with Gasteiger partial charge in [0, 0.05) is 24.2 Å². The molecular formula is C17H28ClNO6. The van der Waals surface area contributed by atoms with E-state index in [-0.39, 0.29) is 24.0 Å². The van der Waals surface area contributed by atoms with Crippen LogP contribution in [0.1, 0.15) is 44.9 Å². The number of methoxy groups -OCH3 is 3. The van der Waals surface area contributed by atoms with E-state index in [0.717, 1.165) is 12.8 Å². The van der Waals surface area contributed by atoms with Crippen LogP contribution in [0.2, 0.25) is 0 Å². The minimum absolute atomic E-state index is 0.0761. The van der Waals surface area contributed by atoms with E-state index >= 15 is 0 Å². The lowest BCUT2D eigenvalue weighted by Gasteiger charge is -2.43. The maximum absolute atomic E-state index is 12.0. The molecule has 1 aliphatic carbocycles. The van der Waals surface area contributed by atoms with Crippen molar-refractivity contribution in [2.75, 3.05) is 27.9 Å². The fourth-order valence-corrected chi connectivity index (χ4v) is 3.69. The van der Waals surface area contributed by atoms with Crippen molar-refractivity contribution < 1.29 is 28.6 Å². The lowest BCUT2D eigenvalue weighted by Crippen LogP contribution is -2.51. The monoisotopic (exact) mass is 377 g/mol. The van der Waals surface area contributed by atoms with Crippen molar-refractivity contribution in [3.8, 4) is 0 Å². The highest BCUT2D eigenvalue weighted by Crippen LogP contribution is 2.36. The maximum atomic E-state index is 12.0. The first kappa shape index (κ1) is 21.5. The van der Waals surface area contributed by atoms with E-state index in [9.17, 15) is 14.4 Å². The number of piperidine rings is 1. The number of carbonyl (C=O) groups is 3. The second kappa shape index (κ2) is 11.2. The molecule has 1 aliphatic heterocycles. The Hall–Kier alpha value is -1.50. The first-order valence-corrected chi connectivity index (χ1v) is 8.98. The van der Waals surface area contributed by atoms with Crippen LogP contribution >= 0.6 is 11.6 Å². The van der Waals surface area contributed by atoms with Crippen molar-refractivity contribution in [2.24, 2.45) is 11.8 Å². The lowest BCUT2D eigenvalue weighted by atomic mass is 9.77. The molecule has 0 radical (unpaired) electrons. The second-order valence-corrected chi connectivity index (χ2v) is 6.62. The van der Waals surface area contributed by atoms with E-state index in [1.54, 1.807) is 0 Å². The number of hydrogen-bond donors (Lipinski definition) is 0. The Morgan fingerprint density at radius 2 is 1.52 bits per heavy atom. The van der Waals surface area contributed by atoms with Gasteiger partial charge in [-0.3, -0.25) is 4.79 Å². The van der Waals surface area contributed by atoms with E-state index in [2.05, 4.69) is 16.3 Å². The number of hydrogen-bond acceptors (Lipinski definition) is 6. The molecule has 2 fully saturated rings. The summed E-state index contributed by atoms with van der Waals surface area (Å²) in [5.74, 6) is 0.276. The highest BCUT2D eigenvalue weighted by molar-refractivity contribution is 6.61. The molecule has 0 aromatic rings. The quantitative estimate of drug-likeness (QED) is 0.415. The summed E-state index contributed by atoms with van der Waals surface area (Å²) in [6, 6.07) is 0.126. The second-order valence-electron chi connectivity index (χ2n) is 6.32. The molecule has 25 heavy (non-hydrogen) atoms. The molecule has 1 saturated heterocycles. The van der Waals surface area contributed by atoms with Gasteiger partial charge in [0.05, 0.1) is 27.2 Å². The Labute approximate surface area is 153 Å². The zero-order valence-electron chi connectivity index (χ0n) is 15.2. The molecule has 2 atom stereocenters. The summed E-state index contributed by atoms with van der Waals surface area (Å²) in [6.45, 7) is 0.591. The van der Waals surface area contributed by atoms with Crippen LogP contribution in [0.3, 0.4) is 0 Å². The molecule has 2 aliphatic rings. The molecule has 7 nitrogen and oxygen atoms in total. The van der Waals surface area contributed by atoms with E-state index in [1.807, 2.05) is 4.90 Å². The van der Waals surface area contributed by atoms with Gasteiger partial charge < -0.3 is 19.1 Å². The highest BCUT2D eigenvalue weighted by atomic mass is 35.5. The molecule has 2 rings (SSSR count). The van der Waals surface area contributed by atoms with E-state index in [4.69, 9.17) is 9.47 Å². The van der Waals surface area contributed by atoms with Crippen molar-refractivity contribution in [3.63, 3.8) is 0 Å². The van der Waals surface area contributed by atoms with Gasteiger partial charge in [0.2, 0.25) is 0 Å². The fourth-order valence-electron chi connectivity index (χ4n) is 3.69. The third-order valence-electron chi connectivity index (χ3n) is 4.94. The normalized spacial score (nSPS) is 23.8. The zero-order chi connectivity index (χ0) is 18.8. The Kier molecular flexibility index (Phi) is 9.63. The average Bonchev–Trinajstić information content (AvgIpc) is 2.67. The SMILES string of the molecule is COC(=O)C1CCN(C(=O)OC)C(C2CCCCC2)C1.COC(=O)Cl. The van der Waals surface area contributed by atoms with Gasteiger partial charge in [-0.1, -0.05) is 19.3 Å². The van der Waals surface area contributed by atoms with Crippen LogP contribution in [0.15, 0.2) is 0 Å². The molecule has 0 aromatic heterocycles. The molecule has 0 bridgehead atoms. The minimum atomic E-state index is -0.773. The number of rotatable bonds is 2. The van der Waals surface area contributed by atoms with Gasteiger partial charge in [0.1, 0.15) is 0 Å². The molecular weight excluding hydrogens is 350 g/mol. The van der Waals surface area contributed by atoms with Crippen LogP contribution in [0.25, 0.3) is 0 Å². The van der Waals surface area contributed by atoms with Crippen LogP contribution in [0.4, 0.5) is 9.59 Å². The van der Waals surface area contributed by atoms with Gasteiger partial charge in [-0.25, -0.2) is 9.59 Å². The van der Waals surface area contributed by atoms with Gasteiger partial charge in [-0.2, -0.15) is 0 Å². The predicted octanol–water partition coefficient (Wildman–Crippen LogP) is 3.58. The Bertz CT molecular complexity index is 452. The summed E-state index contributed by atoms with van der Waals surface area (Å²) in [5, 5.41) is 0. The molecule has 144 valence electrons. The van der Waals surface area contributed by atoms with Crippen molar-refractivity contribution >= 4 is 29.1 Å². The Morgan fingerprint density at radius 1 is 0.920 bits per heavy atom. The van der Waals surface area contributed by atoms with Crippen molar-refractivity contribution in [1.82, 2.24) is 4.90 Å². The molecule has 8 heteroatoms. The molecule has 1 heterocycles. The van der Waals surface area contributed by atoms with Crippen molar-refractivity contribution in [2.45, 2.75) is 51.0 Å². The van der Waals surface area contributed by atoms with Crippen LogP contribution < -0.4 is 0 Å². The number of esters is 1. The number of carbonyl (C=O) groups excluding carboxylic acids is 3. The zero-order valence-corrected chi connectivity index (χ0v) is 15.9. The van der Waals surface area contributed by atoms with Crippen molar-refractivity contribution in [3.05, 3.63) is 0 Å². The summed E-state index contributed by atoms with van der Waals surface area (Å²) in [4.78, 5) is 34.9. The third-order valence-corrected chi connectivity index (χ3v) is 5.10. The Balaban J connectivity index is 0.000000550. The minimum Gasteiger partial charge on any atom is -0.469 e. The van der Waals surface area contributed by atoms with E-state index in [1.165, 1.54) is 40.6 Å². The van der Waals surface area contributed by atoms with Crippen molar-refractivity contribution in [1.29, 1.82) is 0 Å². The summed E-state index contributed by atoms with van der Waals surface area (Å²) in [5.41, 5.74) is -0.773. The summed E-state index contributed by atoms with van der Waals surface area (Å²) in [7, 11) is 4.08. The molecule has 0 spiro atoms. The first-order chi connectivity index (χ1) is 11.9. The summed E-state index contributed by atoms with van der Waals surface area (Å²) >= 11 is 4.60. The topological polar surface area (TPSA) is 82.1 Å². The number of amides is 1. The average molecular weight is 378 g/mol. The van der Waals surface area contributed by atoms with E-state index in [0.29, 0.717) is 25.3 Å². The standard InChI is InChI=1S/C15H25NO4.C2H3ClO2/c1-19-14(17)12-8-9-16(15(18)20-2)13(10-12)11-6-4-3-5-7-11;1-5-2(3)4/h11-13H,3-10H2,1-2H3;1H3. The lowest BCUT2D eigenvalue weighted by molar-refractivity contribution is -0.148. The van der Waals surface area contributed by atoms with Crippen LogP contribution in [0, 0.1) is 11.8 Å². The summed E-state index contributed by atoms with van der Waals surface area (Å²) < 4.78 is 13.7. The first-order valence-electron chi connectivity index (χ1n) is 8.60. The number of nitrogens with zero attached hydrogens (tertiary/aromatic N) is 1. The smallest absolute Gasteiger partial charge is 0.409 e. The largest absolute Gasteiger partial charge is 0.469 e. The number of likely N-dealkylation sites (tertiary alicyclic amines) is 1. The predicted molar refractivity (Wildman–Crippen MR) is 92.5 cm³/mol. The molecule has 0 N–H and O–H groups in total. The fraction of sp³-hybridized carbons (Fsp3) is 0.824. The molecule has 2 unspecified atom stereocenters. The highest BCUT2D eigenvalue weighted by Gasteiger charge is 2.39. The van der Waals surface area contributed by atoms with E-state index < -0.39 is 5.43 Å². The molecule has 0 aromatic carbocycles. The third kappa shape index (κ3) is 6.72. The van der Waals surface area contributed by atoms with Crippen LogP contribution in [-0.4, -0.2) is 56.3 Å². The number of halogens is 1. The molecule has 1 amide bonds. The van der Waals surface area contributed by atoms with Gasteiger partial charge >= 0.3 is 17.5 Å². The number of ether oxygens (including phenoxy) is 3. The van der Waals surface area contributed by atoms with Crippen LogP contribution in [-0.2, 0) is 19.0 Å². The van der Waals surface area contributed by atoms with Gasteiger partial charge in [-0.15, -0.1) is 0 Å². The Morgan fingerprint density at radius 3 is 2.00 bits per heavy atom. The molecule has 1 saturated carbocycles.